The van der Waals surface area contributed by atoms with Crippen LogP contribution in [0.2, 0.25) is 0 Å². The van der Waals surface area contributed by atoms with Crippen molar-refractivity contribution in [3.63, 3.8) is 0 Å². The fourth-order valence-electron chi connectivity index (χ4n) is 0.523. The standard InChI is InChI=1S/C4HF9O3S.Na/c5-1(6,3(9,10)11)2(7,8)4(12,13)17(14,15)16;/h(H,14,15,16);. The Bertz CT molecular complexity index is 399. The average molecular weight is 323 g/mol. The molecule has 0 aromatic heterocycles. The van der Waals surface area contributed by atoms with Crippen LogP contribution in [0.3, 0.4) is 0 Å². The first-order valence-electron chi connectivity index (χ1n) is 3.17. The quantitative estimate of drug-likeness (QED) is 0.490. The van der Waals surface area contributed by atoms with Gasteiger partial charge in [0.05, 0.1) is 0 Å². The summed E-state index contributed by atoms with van der Waals surface area (Å²) >= 11 is 0. The smallest absolute Gasteiger partial charge is 0.281 e. The van der Waals surface area contributed by atoms with Gasteiger partial charge in [0.15, 0.2) is 0 Å². The van der Waals surface area contributed by atoms with Crippen LogP contribution in [-0.2, 0) is 10.1 Å². The summed E-state index contributed by atoms with van der Waals surface area (Å²) in [6, 6.07) is 0. The fourth-order valence-corrected chi connectivity index (χ4v) is 0.975. The Morgan fingerprint density at radius 1 is 0.722 bits per heavy atom. The van der Waals surface area contributed by atoms with Crippen molar-refractivity contribution in [3.8, 4) is 0 Å². The van der Waals surface area contributed by atoms with Crippen LogP contribution in [0.15, 0.2) is 0 Å². The van der Waals surface area contributed by atoms with E-state index in [9.17, 15) is 47.9 Å². The Morgan fingerprint density at radius 3 is 1.17 bits per heavy atom. The molecule has 1 radical (unpaired) electrons. The largest absolute Gasteiger partial charge is 0.460 e. The SMILES string of the molecule is O=S(=O)(O)C(F)(F)C(F)(F)C(F)(F)C(F)(F)F.[Na]. The van der Waals surface area contributed by atoms with E-state index >= 15 is 0 Å². The minimum Gasteiger partial charge on any atom is -0.281 e. The second-order valence-corrected chi connectivity index (χ2v) is 4.10. The van der Waals surface area contributed by atoms with Crippen molar-refractivity contribution in [2.75, 3.05) is 0 Å². The Balaban J connectivity index is 0. The zero-order valence-electron chi connectivity index (χ0n) is 8.07. The average Bonchev–Trinajstić information content (AvgIpc) is 1.98. The fraction of sp³-hybridized carbons (Fsp3) is 1.00. The van der Waals surface area contributed by atoms with Crippen molar-refractivity contribution in [1.82, 2.24) is 0 Å². The summed E-state index contributed by atoms with van der Waals surface area (Å²) in [7, 11) is -7.17. The summed E-state index contributed by atoms with van der Waals surface area (Å²) < 4.78 is 134. The van der Waals surface area contributed by atoms with Crippen LogP contribution < -0.4 is 0 Å². The van der Waals surface area contributed by atoms with Gasteiger partial charge in [0.1, 0.15) is 0 Å². The molecule has 0 amide bonds. The first-order valence-corrected chi connectivity index (χ1v) is 4.61. The third kappa shape index (κ3) is 2.89. The van der Waals surface area contributed by atoms with Crippen molar-refractivity contribution in [2.45, 2.75) is 23.3 Å². The molecule has 0 aromatic carbocycles. The molecule has 1 N–H and O–H groups in total. The molecule has 0 fully saturated rings. The molecule has 0 saturated heterocycles. The molecule has 105 valence electrons. The summed E-state index contributed by atoms with van der Waals surface area (Å²) in [4.78, 5) is 0. The normalized spacial score (nSPS) is 15.2. The van der Waals surface area contributed by atoms with Gasteiger partial charge in [-0.3, -0.25) is 4.55 Å². The number of halogens is 9. The van der Waals surface area contributed by atoms with Crippen molar-refractivity contribution < 1.29 is 52.5 Å². The van der Waals surface area contributed by atoms with Gasteiger partial charge in [0.2, 0.25) is 0 Å². The van der Waals surface area contributed by atoms with E-state index in [2.05, 4.69) is 0 Å². The molecule has 0 unspecified atom stereocenters. The van der Waals surface area contributed by atoms with Crippen LogP contribution in [0, 0.1) is 0 Å². The first-order chi connectivity index (χ1) is 7.00. The zero-order valence-corrected chi connectivity index (χ0v) is 10.9. The maximum absolute atomic E-state index is 12.2. The Hall–Kier alpha value is 0.280. The molecule has 0 rings (SSSR count). The monoisotopic (exact) mass is 323 g/mol. The molecule has 0 bridgehead atoms. The summed E-state index contributed by atoms with van der Waals surface area (Å²) in [5, 5.41) is -7.00. The molecule has 0 heterocycles. The van der Waals surface area contributed by atoms with E-state index in [-0.39, 0.29) is 29.6 Å². The van der Waals surface area contributed by atoms with Crippen molar-refractivity contribution in [2.24, 2.45) is 0 Å². The number of alkyl halides is 9. The minimum atomic E-state index is -7.37. The zero-order chi connectivity index (χ0) is 14.5. The predicted molar refractivity (Wildman–Crippen MR) is 38.2 cm³/mol. The molecular formula is C4HF9NaO3S. The van der Waals surface area contributed by atoms with E-state index in [4.69, 9.17) is 4.55 Å². The van der Waals surface area contributed by atoms with E-state index in [1.165, 1.54) is 0 Å². The molecular weight excluding hydrogens is 322 g/mol. The van der Waals surface area contributed by atoms with Crippen molar-refractivity contribution in [3.05, 3.63) is 0 Å². The molecule has 0 saturated carbocycles. The van der Waals surface area contributed by atoms with E-state index < -0.39 is 33.4 Å². The topological polar surface area (TPSA) is 54.4 Å². The van der Waals surface area contributed by atoms with Crippen LogP contribution in [0.4, 0.5) is 39.5 Å². The van der Waals surface area contributed by atoms with Gasteiger partial charge >= 0.3 is 33.4 Å². The predicted octanol–water partition coefficient (Wildman–Crippen LogP) is 1.92. The summed E-state index contributed by atoms with van der Waals surface area (Å²) in [5.41, 5.74) is 0. The Kier molecular flexibility index (Phi) is 5.72. The second-order valence-electron chi connectivity index (χ2n) is 2.64. The van der Waals surface area contributed by atoms with Crippen LogP contribution in [-0.4, -0.2) is 65.8 Å². The number of hydrogen-bond donors (Lipinski definition) is 1. The van der Waals surface area contributed by atoms with Crippen LogP contribution in [0.5, 0.6) is 0 Å². The van der Waals surface area contributed by atoms with E-state index in [1.54, 1.807) is 0 Å². The maximum Gasteiger partial charge on any atom is 0.460 e. The summed E-state index contributed by atoms with van der Waals surface area (Å²) in [6.07, 6.45) is -7.13. The van der Waals surface area contributed by atoms with Gasteiger partial charge in [-0.05, 0) is 0 Å². The van der Waals surface area contributed by atoms with Crippen molar-refractivity contribution >= 4 is 39.7 Å². The van der Waals surface area contributed by atoms with Crippen molar-refractivity contribution in [1.29, 1.82) is 0 Å². The van der Waals surface area contributed by atoms with E-state index in [0.717, 1.165) is 0 Å². The molecule has 14 heteroatoms. The van der Waals surface area contributed by atoms with E-state index in [1.807, 2.05) is 0 Å². The molecule has 0 aliphatic carbocycles. The molecule has 0 atom stereocenters. The molecule has 0 aromatic rings. The third-order valence-electron chi connectivity index (χ3n) is 1.44. The van der Waals surface area contributed by atoms with Gasteiger partial charge < -0.3 is 0 Å². The summed E-state index contributed by atoms with van der Waals surface area (Å²) in [5.74, 6) is -14.7. The number of hydrogen-bond acceptors (Lipinski definition) is 2. The van der Waals surface area contributed by atoms with Gasteiger partial charge in [0.25, 0.3) is 0 Å². The molecule has 0 aliphatic heterocycles. The summed E-state index contributed by atoms with van der Waals surface area (Å²) in [6.45, 7) is 0. The second kappa shape index (κ2) is 5.00. The van der Waals surface area contributed by atoms with Gasteiger partial charge in [-0.15, -0.1) is 0 Å². The Morgan fingerprint density at radius 2 is 1.00 bits per heavy atom. The maximum atomic E-state index is 12.2. The Labute approximate surface area is 115 Å². The van der Waals surface area contributed by atoms with Gasteiger partial charge in [-0.2, -0.15) is 47.9 Å². The first kappa shape index (κ1) is 20.6. The minimum absolute atomic E-state index is 0. The molecule has 3 nitrogen and oxygen atoms in total. The van der Waals surface area contributed by atoms with Gasteiger partial charge in [-0.25, -0.2) is 0 Å². The van der Waals surface area contributed by atoms with Gasteiger partial charge in [0, 0.05) is 29.6 Å². The molecule has 0 aliphatic rings. The van der Waals surface area contributed by atoms with Gasteiger partial charge in [-0.1, -0.05) is 0 Å². The third-order valence-corrected chi connectivity index (χ3v) is 2.34. The van der Waals surface area contributed by atoms with Crippen LogP contribution in [0.25, 0.3) is 0 Å². The van der Waals surface area contributed by atoms with Crippen LogP contribution >= 0.6 is 0 Å². The van der Waals surface area contributed by atoms with Crippen LogP contribution in [0.1, 0.15) is 0 Å². The number of rotatable bonds is 3. The van der Waals surface area contributed by atoms with E-state index in [0.29, 0.717) is 0 Å². The molecule has 0 spiro atoms. The molecule has 18 heavy (non-hydrogen) atoms.